The second-order valence-electron chi connectivity index (χ2n) is 6.01. The smallest absolute Gasteiger partial charge is 0.229 e. The van der Waals surface area contributed by atoms with E-state index in [9.17, 15) is 4.79 Å². The van der Waals surface area contributed by atoms with E-state index in [1.54, 1.807) is 17.7 Å². The molecule has 1 aliphatic carbocycles. The Bertz CT molecular complexity index is 836. The molecule has 2 heterocycles. The third kappa shape index (κ3) is 2.77. The topological polar surface area (TPSA) is 57.8 Å². The summed E-state index contributed by atoms with van der Waals surface area (Å²) in [5.74, 6) is 0.0156. The van der Waals surface area contributed by atoms with Crippen molar-refractivity contribution in [1.82, 2.24) is 15.3 Å². The van der Waals surface area contributed by atoms with Gasteiger partial charge >= 0.3 is 0 Å². The Morgan fingerprint density at radius 3 is 3.26 bits per heavy atom. The lowest BCUT2D eigenvalue weighted by Gasteiger charge is -2.20. The van der Waals surface area contributed by atoms with Gasteiger partial charge < -0.3 is 10.3 Å². The van der Waals surface area contributed by atoms with Crippen LogP contribution in [0.3, 0.4) is 0 Å². The minimum absolute atomic E-state index is 0.0933. The molecule has 3 aromatic rings. The molecule has 4 nitrogen and oxygen atoms in total. The zero-order chi connectivity index (χ0) is 15.6. The van der Waals surface area contributed by atoms with Crippen LogP contribution in [0.1, 0.15) is 35.7 Å². The fourth-order valence-corrected chi connectivity index (χ4v) is 4.37. The molecule has 5 heteroatoms. The van der Waals surface area contributed by atoms with Crippen LogP contribution in [0.2, 0.25) is 0 Å². The number of rotatable bonds is 4. The van der Waals surface area contributed by atoms with Crippen molar-refractivity contribution in [3.05, 3.63) is 52.9 Å². The maximum atomic E-state index is 12.5. The van der Waals surface area contributed by atoms with Crippen molar-refractivity contribution in [2.45, 2.75) is 31.6 Å². The van der Waals surface area contributed by atoms with Crippen LogP contribution in [0.4, 0.5) is 0 Å². The molecule has 0 saturated heterocycles. The van der Waals surface area contributed by atoms with Gasteiger partial charge in [0.15, 0.2) is 0 Å². The van der Waals surface area contributed by atoms with E-state index in [2.05, 4.69) is 44.9 Å². The Kier molecular flexibility index (Phi) is 3.87. The number of nitrogens with zero attached hydrogens (tertiary/aromatic N) is 1. The van der Waals surface area contributed by atoms with Gasteiger partial charge in [0.25, 0.3) is 0 Å². The van der Waals surface area contributed by atoms with Gasteiger partial charge in [0.2, 0.25) is 5.91 Å². The van der Waals surface area contributed by atoms with Crippen molar-refractivity contribution in [3.63, 3.8) is 0 Å². The summed E-state index contributed by atoms with van der Waals surface area (Å²) < 4.78 is 1.31. The fourth-order valence-electron chi connectivity index (χ4n) is 3.38. The van der Waals surface area contributed by atoms with Crippen LogP contribution in [0.5, 0.6) is 0 Å². The second-order valence-corrected chi connectivity index (χ2v) is 6.92. The van der Waals surface area contributed by atoms with Gasteiger partial charge in [-0.05, 0) is 48.1 Å². The van der Waals surface area contributed by atoms with E-state index in [0.29, 0.717) is 6.54 Å². The maximum Gasteiger partial charge on any atom is 0.229 e. The monoisotopic (exact) mass is 325 g/mol. The van der Waals surface area contributed by atoms with E-state index in [0.717, 1.165) is 37.1 Å². The van der Waals surface area contributed by atoms with Gasteiger partial charge in [0.05, 0.1) is 17.9 Å². The van der Waals surface area contributed by atoms with Crippen LogP contribution in [-0.2, 0) is 17.6 Å². The normalized spacial score (nSPS) is 17.1. The highest BCUT2D eigenvalue weighted by Crippen LogP contribution is 2.29. The number of hydrogen-bond acceptors (Lipinski definition) is 3. The molecule has 0 spiro atoms. The Labute approximate surface area is 138 Å². The third-order valence-corrected chi connectivity index (χ3v) is 5.58. The van der Waals surface area contributed by atoms with Gasteiger partial charge in [-0.3, -0.25) is 4.79 Å². The Morgan fingerprint density at radius 1 is 1.39 bits per heavy atom. The number of carbonyl (C=O) groups excluding carboxylic acids is 1. The van der Waals surface area contributed by atoms with Crippen LogP contribution >= 0.6 is 11.3 Å². The molecule has 1 aromatic carbocycles. The van der Waals surface area contributed by atoms with Gasteiger partial charge in [-0.25, -0.2) is 4.98 Å². The van der Waals surface area contributed by atoms with Crippen LogP contribution in [0.15, 0.2) is 36.0 Å². The highest BCUT2D eigenvalue weighted by atomic mass is 32.1. The van der Waals surface area contributed by atoms with Gasteiger partial charge in [0.1, 0.15) is 0 Å². The molecule has 0 aliphatic heterocycles. The number of fused-ring (bicyclic) bond motifs is 2. The number of thiophene rings is 1. The number of aryl methyl sites for hydroxylation is 1. The molecule has 0 fully saturated rings. The first-order chi connectivity index (χ1) is 11.3. The third-order valence-electron chi connectivity index (χ3n) is 4.57. The van der Waals surface area contributed by atoms with E-state index in [-0.39, 0.29) is 11.8 Å². The molecule has 2 N–H and O–H groups in total. The number of imidazole rings is 1. The predicted octanol–water partition coefficient (Wildman–Crippen LogP) is 3.40. The molecule has 118 valence electrons. The first kappa shape index (κ1) is 14.5. The summed E-state index contributed by atoms with van der Waals surface area (Å²) in [7, 11) is 0. The average molecular weight is 325 g/mol. The maximum absolute atomic E-state index is 12.5. The molecule has 0 radical (unpaired) electrons. The van der Waals surface area contributed by atoms with Gasteiger partial charge in [0, 0.05) is 16.9 Å². The summed E-state index contributed by atoms with van der Waals surface area (Å²) >= 11 is 1.77. The largest absolute Gasteiger partial charge is 0.355 e. The molecular formula is C18H19N3OS. The number of H-pyrrole nitrogens is 1. The van der Waals surface area contributed by atoms with Crippen molar-refractivity contribution in [2.24, 2.45) is 0 Å². The zero-order valence-corrected chi connectivity index (χ0v) is 13.7. The molecule has 1 aliphatic rings. The molecular weight excluding hydrogens is 306 g/mol. The van der Waals surface area contributed by atoms with Crippen LogP contribution < -0.4 is 5.32 Å². The Hall–Kier alpha value is -2.14. The van der Waals surface area contributed by atoms with Crippen molar-refractivity contribution in [3.8, 4) is 0 Å². The van der Waals surface area contributed by atoms with Crippen molar-refractivity contribution in [1.29, 1.82) is 0 Å². The highest BCUT2D eigenvalue weighted by molar-refractivity contribution is 7.17. The number of aromatic amines is 1. The van der Waals surface area contributed by atoms with E-state index < -0.39 is 0 Å². The zero-order valence-electron chi connectivity index (χ0n) is 12.8. The van der Waals surface area contributed by atoms with E-state index in [1.165, 1.54) is 15.6 Å². The minimum atomic E-state index is -0.0933. The van der Waals surface area contributed by atoms with Gasteiger partial charge in [-0.15, -0.1) is 11.3 Å². The van der Waals surface area contributed by atoms with Crippen molar-refractivity contribution < 1.29 is 4.79 Å². The van der Waals surface area contributed by atoms with Gasteiger partial charge in [-0.2, -0.15) is 0 Å². The van der Waals surface area contributed by atoms with Gasteiger partial charge in [-0.1, -0.05) is 18.2 Å². The first-order valence-electron chi connectivity index (χ1n) is 8.08. The number of amides is 1. The summed E-state index contributed by atoms with van der Waals surface area (Å²) in [6, 6.07) is 8.43. The summed E-state index contributed by atoms with van der Waals surface area (Å²) in [5.41, 5.74) is 3.38. The fraction of sp³-hybridized carbons (Fsp3) is 0.333. The second kappa shape index (κ2) is 6.16. The summed E-state index contributed by atoms with van der Waals surface area (Å²) in [4.78, 5) is 20.0. The molecule has 0 saturated carbocycles. The molecule has 1 amide bonds. The summed E-state index contributed by atoms with van der Waals surface area (Å²) in [6.45, 7) is 0.676. The molecule has 1 unspecified atom stereocenters. The number of benzene rings is 1. The molecule has 4 rings (SSSR count). The first-order valence-corrected chi connectivity index (χ1v) is 8.96. The average Bonchev–Trinajstić information content (AvgIpc) is 3.21. The Morgan fingerprint density at radius 2 is 2.30 bits per heavy atom. The standard InChI is InChI=1S/C18H19N3OS/c22-18(14-5-3-6-15-17(14)21-11-20-15)19-9-8-12-10-23-16-7-2-1-4-13(12)16/h1-2,4,7,10-11,14H,3,5-6,8-9H2,(H,19,22)(H,20,21). The van der Waals surface area contributed by atoms with Crippen molar-refractivity contribution >= 4 is 27.3 Å². The van der Waals surface area contributed by atoms with E-state index in [1.807, 2.05) is 0 Å². The SMILES string of the molecule is O=C(NCCc1csc2ccccc12)C1CCCc2[nH]cnc21. The number of hydrogen-bond donors (Lipinski definition) is 2. The molecule has 1 atom stereocenters. The van der Waals surface area contributed by atoms with Crippen LogP contribution in [0.25, 0.3) is 10.1 Å². The number of aromatic nitrogens is 2. The van der Waals surface area contributed by atoms with E-state index in [4.69, 9.17) is 0 Å². The van der Waals surface area contributed by atoms with Crippen molar-refractivity contribution in [2.75, 3.05) is 6.54 Å². The predicted molar refractivity (Wildman–Crippen MR) is 92.8 cm³/mol. The Balaban J connectivity index is 1.39. The lowest BCUT2D eigenvalue weighted by Crippen LogP contribution is -2.32. The minimum Gasteiger partial charge on any atom is -0.355 e. The molecule has 0 bridgehead atoms. The molecule has 23 heavy (non-hydrogen) atoms. The quantitative estimate of drug-likeness (QED) is 0.772. The summed E-state index contributed by atoms with van der Waals surface area (Å²) in [5, 5.41) is 6.60. The number of nitrogens with one attached hydrogen (secondary N) is 2. The lowest BCUT2D eigenvalue weighted by atomic mass is 9.89. The van der Waals surface area contributed by atoms with E-state index >= 15 is 0 Å². The van der Waals surface area contributed by atoms with Crippen LogP contribution in [-0.4, -0.2) is 22.4 Å². The highest BCUT2D eigenvalue weighted by Gasteiger charge is 2.28. The number of carbonyl (C=O) groups is 1. The lowest BCUT2D eigenvalue weighted by molar-refractivity contribution is -0.122. The van der Waals surface area contributed by atoms with Crippen LogP contribution in [0, 0.1) is 0 Å². The summed E-state index contributed by atoms with van der Waals surface area (Å²) in [6.07, 6.45) is 5.51. The molecule has 2 aromatic heterocycles.